The predicted octanol–water partition coefficient (Wildman–Crippen LogP) is 1.75. The lowest BCUT2D eigenvalue weighted by Crippen LogP contribution is -2.31. The third-order valence-corrected chi connectivity index (χ3v) is 2.73. The van der Waals surface area contributed by atoms with Crippen molar-refractivity contribution < 1.29 is 0 Å². The van der Waals surface area contributed by atoms with Crippen LogP contribution in [0.1, 0.15) is 12.5 Å². The van der Waals surface area contributed by atoms with E-state index in [9.17, 15) is 0 Å². The van der Waals surface area contributed by atoms with Gasteiger partial charge < -0.3 is 10.6 Å². The monoisotopic (exact) mass is 223 g/mol. The third kappa shape index (κ3) is 3.47. The highest BCUT2D eigenvalue weighted by Gasteiger charge is 2.10. The van der Waals surface area contributed by atoms with Crippen LogP contribution in [0.3, 0.4) is 0 Å². The largest absolute Gasteiger partial charge is 0.393 e. The topological polar surface area (TPSA) is 42.2 Å². The summed E-state index contributed by atoms with van der Waals surface area (Å²) in [5.74, 6) is 1.16. The lowest BCUT2D eigenvalue weighted by Gasteiger charge is -2.21. The number of pyridine rings is 1. The van der Waals surface area contributed by atoms with Gasteiger partial charge in [-0.2, -0.15) is 0 Å². The summed E-state index contributed by atoms with van der Waals surface area (Å²) in [5, 5.41) is 0. The van der Waals surface area contributed by atoms with Crippen LogP contribution >= 0.6 is 12.2 Å². The highest BCUT2D eigenvalue weighted by atomic mass is 32.1. The zero-order valence-electron chi connectivity index (χ0n) is 9.40. The number of aromatic nitrogens is 1. The fraction of sp³-hybridized carbons (Fsp3) is 0.455. The molecule has 0 bridgehead atoms. The molecule has 1 unspecified atom stereocenters. The number of aryl methyl sites for hydroxylation is 1. The Hall–Kier alpha value is -1.16. The maximum absolute atomic E-state index is 5.58. The first-order chi connectivity index (χ1) is 7.00. The molecule has 0 spiro atoms. The van der Waals surface area contributed by atoms with E-state index in [4.69, 9.17) is 18.0 Å². The minimum atomic E-state index is 0.201. The summed E-state index contributed by atoms with van der Waals surface area (Å²) in [6.07, 6.45) is 1.81. The van der Waals surface area contributed by atoms with Crippen LogP contribution in [0, 0.1) is 12.8 Å². The van der Waals surface area contributed by atoms with E-state index in [2.05, 4.69) is 16.8 Å². The summed E-state index contributed by atoms with van der Waals surface area (Å²) in [5.41, 5.74) is 6.78. The summed E-state index contributed by atoms with van der Waals surface area (Å²) in [4.78, 5) is 6.91. The van der Waals surface area contributed by atoms with Crippen molar-refractivity contribution in [1.82, 2.24) is 4.98 Å². The molecule has 1 aromatic heterocycles. The van der Waals surface area contributed by atoms with Crippen LogP contribution in [0.2, 0.25) is 0 Å². The maximum Gasteiger partial charge on any atom is 0.128 e. The van der Waals surface area contributed by atoms with E-state index in [-0.39, 0.29) is 5.92 Å². The second kappa shape index (κ2) is 5.07. The van der Waals surface area contributed by atoms with Gasteiger partial charge in [0.2, 0.25) is 0 Å². The molecule has 1 heterocycles. The Bertz CT molecular complexity index is 351. The van der Waals surface area contributed by atoms with Gasteiger partial charge in [-0.05, 0) is 24.6 Å². The lowest BCUT2D eigenvalue weighted by molar-refractivity contribution is 0.735. The van der Waals surface area contributed by atoms with Crippen molar-refractivity contribution in [2.24, 2.45) is 11.7 Å². The molecule has 1 rings (SSSR count). The van der Waals surface area contributed by atoms with Crippen molar-refractivity contribution in [1.29, 1.82) is 0 Å². The Morgan fingerprint density at radius 1 is 1.67 bits per heavy atom. The van der Waals surface area contributed by atoms with Crippen molar-refractivity contribution >= 4 is 23.0 Å². The van der Waals surface area contributed by atoms with E-state index in [1.165, 1.54) is 5.56 Å². The molecule has 2 N–H and O–H groups in total. The predicted molar refractivity (Wildman–Crippen MR) is 68.2 cm³/mol. The van der Waals surface area contributed by atoms with E-state index in [0.717, 1.165) is 12.4 Å². The van der Waals surface area contributed by atoms with Gasteiger partial charge in [0.25, 0.3) is 0 Å². The van der Waals surface area contributed by atoms with Crippen molar-refractivity contribution in [3.63, 3.8) is 0 Å². The summed E-state index contributed by atoms with van der Waals surface area (Å²) in [7, 11) is 2.00. The van der Waals surface area contributed by atoms with Crippen molar-refractivity contribution in [2.75, 3.05) is 18.5 Å². The second-order valence-electron chi connectivity index (χ2n) is 3.88. The van der Waals surface area contributed by atoms with E-state index >= 15 is 0 Å². The molecular weight excluding hydrogens is 206 g/mol. The van der Waals surface area contributed by atoms with Crippen LogP contribution < -0.4 is 10.6 Å². The molecule has 0 fully saturated rings. The van der Waals surface area contributed by atoms with Gasteiger partial charge in [0.1, 0.15) is 5.82 Å². The van der Waals surface area contributed by atoms with Crippen molar-refractivity contribution in [3.8, 4) is 0 Å². The van der Waals surface area contributed by atoms with Gasteiger partial charge in [-0.1, -0.05) is 19.1 Å². The fourth-order valence-corrected chi connectivity index (χ4v) is 1.40. The zero-order chi connectivity index (χ0) is 11.4. The summed E-state index contributed by atoms with van der Waals surface area (Å²) < 4.78 is 0. The van der Waals surface area contributed by atoms with E-state index in [1.807, 2.05) is 32.3 Å². The van der Waals surface area contributed by atoms with E-state index in [0.29, 0.717) is 4.99 Å². The average Bonchev–Trinajstić information content (AvgIpc) is 2.17. The number of hydrogen-bond acceptors (Lipinski definition) is 3. The molecule has 0 saturated carbocycles. The third-order valence-electron chi connectivity index (χ3n) is 2.33. The molecule has 0 saturated heterocycles. The zero-order valence-corrected chi connectivity index (χ0v) is 10.2. The Balaban J connectivity index is 2.68. The standard InChI is InChI=1S/C11H17N3S/c1-8-4-5-13-10(6-8)14(3)7-9(2)11(12)15/h4-6,9H,7H2,1-3H3,(H2,12,15). The van der Waals surface area contributed by atoms with Gasteiger partial charge in [0.05, 0.1) is 4.99 Å². The number of rotatable bonds is 4. The number of hydrogen-bond donors (Lipinski definition) is 1. The second-order valence-corrected chi connectivity index (χ2v) is 4.35. The molecule has 3 nitrogen and oxygen atoms in total. The van der Waals surface area contributed by atoms with Gasteiger partial charge in [-0.15, -0.1) is 0 Å². The molecule has 82 valence electrons. The SMILES string of the molecule is Cc1ccnc(N(C)CC(C)C(N)=S)c1. The first kappa shape index (κ1) is 11.9. The molecule has 0 aliphatic heterocycles. The van der Waals surface area contributed by atoms with Gasteiger partial charge in [-0.3, -0.25) is 0 Å². The molecule has 1 atom stereocenters. The molecule has 4 heteroatoms. The number of anilines is 1. The first-order valence-electron chi connectivity index (χ1n) is 4.94. The van der Waals surface area contributed by atoms with E-state index in [1.54, 1.807) is 0 Å². The van der Waals surface area contributed by atoms with Crippen LogP contribution in [0.5, 0.6) is 0 Å². The van der Waals surface area contributed by atoms with Crippen LogP contribution in [0.15, 0.2) is 18.3 Å². The Morgan fingerprint density at radius 2 is 2.33 bits per heavy atom. The minimum Gasteiger partial charge on any atom is -0.393 e. The van der Waals surface area contributed by atoms with Crippen LogP contribution in [0.25, 0.3) is 0 Å². The van der Waals surface area contributed by atoms with Crippen LogP contribution in [-0.4, -0.2) is 23.6 Å². The van der Waals surface area contributed by atoms with Gasteiger partial charge in [-0.25, -0.2) is 4.98 Å². The number of thiocarbonyl (C=S) groups is 1. The highest BCUT2D eigenvalue weighted by molar-refractivity contribution is 7.80. The summed E-state index contributed by atoms with van der Waals surface area (Å²) >= 11 is 4.94. The molecule has 0 aliphatic carbocycles. The van der Waals surface area contributed by atoms with Gasteiger partial charge in [0, 0.05) is 25.7 Å². The number of nitrogens with two attached hydrogens (primary N) is 1. The quantitative estimate of drug-likeness (QED) is 0.790. The fourth-order valence-electron chi connectivity index (χ4n) is 1.32. The molecular formula is C11H17N3S. The Labute approximate surface area is 96.3 Å². The Morgan fingerprint density at radius 3 is 2.87 bits per heavy atom. The first-order valence-corrected chi connectivity index (χ1v) is 5.34. The van der Waals surface area contributed by atoms with Crippen molar-refractivity contribution in [2.45, 2.75) is 13.8 Å². The van der Waals surface area contributed by atoms with Crippen LogP contribution in [-0.2, 0) is 0 Å². The molecule has 0 radical (unpaired) electrons. The summed E-state index contributed by atoms with van der Waals surface area (Å²) in [6, 6.07) is 4.03. The van der Waals surface area contributed by atoms with Gasteiger partial charge in [0.15, 0.2) is 0 Å². The summed E-state index contributed by atoms with van der Waals surface area (Å²) in [6.45, 7) is 4.87. The lowest BCUT2D eigenvalue weighted by atomic mass is 10.1. The Kier molecular flexibility index (Phi) is 4.03. The van der Waals surface area contributed by atoms with E-state index < -0.39 is 0 Å². The van der Waals surface area contributed by atoms with Crippen LogP contribution in [0.4, 0.5) is 5.82 Å². The smallest absolute Gasteiger partial charge is 0.128 e. The number of nitrogens with zero attached hydrogens (tertiary/aromatic N) is 2. The molecule has 15 heavy (non-hydrogen) atoms. The molecule has 0 aromatic carbocycles. The average molecular weight is 223 g/mol. The normalized spacial score (nSPS) is 12.2. The molecule has 0 amide bonds. The van der Waals surface area contributed by atoms with Gasteiger partial charge >= 0.3 is 0 Å². The molecule has 1 aromatic rings. The van der Waals surface area contributed by atoms with Crippen molar-refractivity contribution in [3.05, 3.63) is 23.9 Å². The minimum absolute atomic E-state index is 0.201. The maximum atomic E-state index is 5.58. The molecule has 0 aliphatic rings. The highest BCUT2D eigenvalue weighted by Crippen LogP contribution is 2.12.